The Labute approximate surface area is 158 Å². The molecule has 2 aromatic rings. The number of hydrogen-bond donors (Lipinski definition) is 1. The Hall–Kier alpha value is -2.44. The number of likely N-dealkylation sites (tertiary alicyclic amines) is 1. The number of H-pyrrole nitrogens is 1. The van der Waals surface area contributed by atoms with Gasteiger partial charge in [-0.05, 0) is 37.6 Å². The van der Waals surface area contributed by atoms with E-state index in [1.807, 2.05) is 35.2 Å². The van der Waals surface area contributed by atoms with E-state index in [-0.39, 0.29) is 23.6 Å². The van der Waals surface area contributed by atoms with Gasteiger partial charge in [0.1, 0.15) is 5.69 Å². The standard InChI is InChI=1S/C21H25N3O3/c25-19-10-6-9-17(22-19)21(26)24-13-14-27-18(15-23-11-4-5-12-23)20(24)16-7-2-1-3-8-16/h1-3,6-10,18,20H,4-5,11-15H2,(H,22,25)/t18-,20-/m0/s1. The number of pyridine rings is 1. The van der Waals surface area contributed by atoms with Crippen LogP contribution in [0.15, 0.2) is 53.3 Å². The van der Waals surface area contributed by atoms with Crippen molar-refractivity contribution in [2.45, 2.75) is 25.0 Å². The monoisotopic (exact) mass is 367 g/mol. The number of carbonyl (C=O) groups is 1. The Morgan fingerprint density at radius 3 is 2.56 bits per heavy atom. The van der Waals surface area contributed by atoms with Gasteiger partial charge in [-0.25, -0.2) is 0 Å². The number of morpholine rings is 1. The van der Waals surface area contributed by atoms with E-state index in [9.17, 15) is 9.59 Å². The molecule has 2 atom stereocenters. The summed E-state index contributed by atoms with van der Waals surface area (Å²) in [7, 11) is 0. The van der Waals surface area contributed by atoms with Crippen molar-refractivity contribution >= 4 is 5.91 Å². The number of rotatable bonds is 4. The zero-order chi connectivity index (χ0) is 18.6. The first-order valence-electron chi connectivity index (χ1n) is 9.61. The maximum atomic E-state index is 13.2. The smallest absolute Gasteiger partial charge is 0.271 e. The molecule has 6 heteroatoms. The molecule has 0 bridgehead atoms. The molecule has 27 heavy (non-hydrogen) atoms. The fourth-order valence-electron chi connectivity index (χ4n) is 4.11. The molecule has 2 fully saturated rings. The molecule has 1 N–H and O–H groups in total. The molecule has 1 amide bonds. The minimum absolute atomic E-state index is 0.0846. The van der Waals surface area contributed by atoms with Crippen molar-refractivity contribution in [3.8, 4) is 0 Å². The van der Waals surface area contributed by atoms with Gasteiger partial charge >= 0.3 is 0 Å². The second-order valence-electron chi connectivity index (χ2n) is 7.20. The molecule has 1 aromatic carbocycles. The number of aromatic amines is 1. The molecule has 4 rings (SSSR count). The van der Waals surface area contributed by atoms with Crippen LogP contribution in [-0.4, -0.2) is 59.6 Å². The van der Waals surface area contributed by atoms with Crippen LogP contribution in [0, 0.1) is 0 Å². The largest absolute Gasteiger partial charge is 0.373 e. The predicted octanol–water partition coefficient (Wildman–Crippen LogP) is 2.05. The predicted molar refractivity (Wildman–Crippen MR) is 103 cm³/mol. The number of amides is 1. The molecule has 142 valence electrons. The lowest BCUT2D eigenvalue weighted by atomic mass is 9.97. The first-order valence-corrected chi connectivity index (χ1v) is 9.61. The van der Waals surface area contributed by atoms with Crippen LogP contribution < -0.4 is 5.56 Å². The highest BCUT2D eigenvalue weighted by molar-refractivity contribution is 5.92. The van der Waals surface area contributed by atoms with Crippen molar-refractivity contribution in [2.75, 3.05) is 32.8 Å². The minimum Gasteiger partial charge on any atom is -0.373 e. The van der Waals surface area contributed by atoms with E-state index >= 15 is 0 Å². The summed E-state index contributed by atoms with van der Waals surface area (Å²) >= 11 is 0. The number of nitrogens with one attached hydrogen (secondary N) is 1. The Morgan fingerprint density at radius 2 is 1.81 bits per heavy atom. The molecule has 0 spiro atoms. The number of ether oxygens (including phenoxy) is 1. The van der Waals surface area contributed by atoms with Gasteiger partial charge in [-0.1, -0.05) is 36.4 Å². The third kappa shape index (κ3) is 3.96. The van der Waals surface area contributed by atoms with E-state index in [1.165, 1.54) is 18.9 Å². The highest BCUT2D eigenvalue weighted by Gasteiger charge is 2.38. The number of benzene rings is 1. The summed E-state index contributed by atoms with van der Waals surface area (Å²) in [6, 6.07) is 14.6. The molecule has 0 saturated carbocycles. The Kier molecular flexibility index (Phi) is 5.36. The fraction of sp³-hybridized carbons (Fsp3) is 0.429. The lowest BCUT2D eigenvalue weighted by Gasteiger charge is -2.42. The van der Waals surface area contributed by atoms with E-state index in [4.69, 9.17) is 4.74 Å². The van der Waals surface area contributed by atoms with Crippen LogP contribution in [0.5, 0.6) is 0 Å². The topological polar surface area (TPSA) is 65.6 Å². The van der Waals surface area contributed by atoms with Gasteiger partial charge in [-0.3, -0.25) is 9.59 Å². The van der Waals surface area contributed by atoms with Crippen LogP contribution in [0.1, 0.15) is 34.9 Å². The first-order chi connectivity index (χ1) is 13.2. The molecular weight excluding hydrogens is 342 g/mol. The van der Waals surface area contributed by atoms with Crippen molar-refractivity contribution in [1.29, 1.82) is 0 Å². The van der Waals surface area contributed by atoms with Crippen molar-refractivity contribution in [3.05, 3.63) is 70.1 Å². The number of nitrogens with zero attached hydrogens (tertiary/aromatic N) is 2. The molecule has 3 heterocycles. The summed E-state index contributed by atoms with van der Waals surface area (Å²) in [4.78, 5) is 31.8. The number of hydrogen-bond acceptors (Lipinski definition) is 4. The summed E-state index contributed by atoms with van der Waals surface area (Å²) in [5.74, 6) is -0.156. The Morgan fingerprint density at radius 1 is 1.04 bits per heavy atom. The highest BCUT2D eigenvalue weighted by Crippen LogP contribution is 2.31. The van der Waals surface area contributed by atoms with Crippen molar-refractivity contribution in [3.63, 3.8) is 0 Å². The Balaban J connectivity index is 1.65. The van der Waals surface area contributed by atoms with Gasteiger partial charge in [-0.2, -0.15) is 0 Å². The number of carbonyl (C=O) groups excluding carboxylic acids is 1. The van der Waals surface area contributed by atoms with Gasteiger partial charge < -0.3 is 19.5 Å². The lowest BCUT2D eigenvalue weighted by Crippen LogP contribution is -2.51. The summed E-state index contributed by atoms with van der Waals surface area (Å²) in [5.41, 5.74) is 1.12. The summed E-state index contributed by atoms with van der Waals surface area (Å²) in [5, 5.41) is 0. The van der Waals surface area contributed by atoms with Gasteiger partial charge in [-0.15, -0.1) is 0 Å². The molecular formula is C21H25N3O3. The first kappa shape index (κ1) is 17.9. The van der Waals surface area contributed by atoms with Crippen molar-refractivity contribution < 1.29 is 9.53 Å². The van der Waals surface area contributed by atoms with Crippen molar-refractivity contribution in [1.82, 2.24) is 14.8 Å². The molecule has 0 radical (unpaired) electrons. The van der Waals surface area contributed by atoms with E-state index in [1.54, 1.807) is 12.1 Å². The van der Waals surface area contributed by atoms with E-state index in [0.29, 0.717) is 18.8 Å². The maximum absolute atomic E-state index is 13.2. The van der Waals surface area contributed by atoms with Crippen molar-refractivity contribution in [2.24, 2.45) is 0 Å². The molecule has 6 nitrogen and oxygen atoms in total. The molecule has 2 aliphatic heterocycles. The summed E-state index contributed by atoms with van der Waals surface area (Å²) < 4.78 is 6.14. The van der Waals surface area contributed by atoms with Crippen LogP contribution in [0.3, 0.4) is 0 Å². The summed E-state index contributed by atoms with van der Waals surface area (Å²) in [6.07, 6.45) is 2.35. The maximum Gasteiger partial charge on any atom is 0.271 e. The van der Waals surface area contributed by atoms with Gasteiger partial charge in [0.05, 0.1) is 18.8 Å². The Bertz CT molecular complexity index is 830. The van der Waals surface area contributed by atoms with Crippen LogP contribution in [0.4, 0.5) is 0 Å². The lowest BCUT2D eigenvalue weighted by molar-refractivity contribution is -0.0708. The number of aromatic nitrogens is 1. The fourth-order valence-corrected chi connectivity index (χ4v) is 4.11. The van der Waals surface area contributed by atoms with E-state index in [0.717, 1.165) is 25.2 Å². The van der Waals surface area contributed by atoms with Crippen LogP contribution in [0.25, 0.3) is 0 Å². The second-order valence-corrected chi connectivity index (χ2v) is 7.20. The molecule has 1 aromatic heterocycles. The SMILES string of the molecule is O=C(c1cccc(=O)[nH]1)N1CCO[C@@H](CN2CCCC2)[C@@H]1c1ccccc1. The third-order valence-electron chi connectivity index (χ3n) is 5.39. The summed E-state index contributed by atoms with van der Waals surface area (Å²) in [6.45, 7) is 3.99. The normalized spacial score (nSPS) is 23.5. The average Bonchev–Trinajstić information content (AvgIpc) is 3.21. The van der Waals surface area contributed by atoms with Crippen LogP contribution >= 0.6 is 0 Å². The van der Waals surface area contributed by atoms with E-state index in [2.05, 4.69) is 9.88 Å². The zero-order valence-corrected chi connectivity index (χ0v) is 15.3. The highest BCUT2D eigenvalue weighted by atomic mass is 16.5. The second kappa shape index (κ2) is 8.06. The van der Waals surface area contributed by atoms with Crippen LogP contribution in [-0.2, 0) is 4.74 Å². The van der Waals surface area contributed by atoms with Gasteiger partial charge in [0, 0.05) is 19.2 Å². The quantitative estimate of drug-likeness (QED) is 0.898. The molecule has 2 saturated heterocycles. The zero-order valence-electron chi connectivity index (χ0n) is 15.3. The van der Waals surface area contributed by atoms with E-state index < -0.39 is 0 Å². The van der Waals surface area contributed by atoms with Gasteiger partial charge in [0.15, 0.2) is 0 Å². The van der Waals surface area contributed by atoms with Crippen LogP contribution in [0.2, 0.25) is 0 Å². The third-order valence-corrected chi connectivity index (χ3v) is 5.39. The minimum atomic E-state index is -0.265. The molecule has 2 aliphatic rings. The molecule has 0 unspecified atom stereocenters. The van der Waals surface area contributed by atoms with Gasteiger partial charge in [0.25, 0.3) is 5.91 Å². The van der Waals surface area contributed by atoms with Gasteiger partial charge in [0.2, 0.25) is 5.56 Å². The average molecular weight is 367 g/mol. The molecule has 0 aliphatic carbocycles.